The third-order valence-electron chi connectivity index (χ3n) is 2.71. The number of rotatable bonds is 4. The van der Waals surface area contributed by atoms with Crippen LogP contribution >= 0.6 is 12.2 Å². The summed E-state index contributed by atoms with van der Waals surface area (Å²) >= 11 is 5.24. The highest BCUT2D eigenvalue weighted by atomic mass is 32.1. The van der Waals surface area contributed by atoms with E-state index < -0.39 is 0 Å². The number of benzene rings is 1. The lowest BCUT2D eigenvalue weighted by atomic mass is 10.2. The Morgan fingerprint density at radius 2 is 2.11 bits per heavy atom. The van der Waals surface area contributed by atoms with Gasteiger partial charge < -0.3 is 14.6 Å². The lowest BCUT2D eigenvalue weighted by molar-refractivity contribution is 0.458. The summed E-state index contributed by atoms with van der Waals surface area (Å²) in [6.45, 7) is 0.949. The molecule has 0 spiro atoms. The van der Waals surface area contributed by atoms with Gasteiger partial charge in [0.1, 0.15) is 11.6 Å². The zero-order valence-electron chi connectivity index (χ0n) is 10.6. The summed E-state index contributed by atoms with van der Waals surface area (Å²) in [6.07, 6.45) is 1.61. The van der Waals surface area contributed by atoms with Crippen LogP contribution in [0, 0.1) is 5.82 Å². The van der Waals surface area contributed by atoms with Crippen LogP contribution in [-0.4, -0.2) is 17.1 Å². The maximum atomic E-state index is 13.5. The van der Waals surface area contributed by atoms with Crippen LogP contribution < -0.4 is 5.32 Å². The molecule has 1 aromatic heterocycles. The summed E-state index contributed by atoms with van der Waals surface area (Å²) < 4.78 is 18.7. The van der Waals surface area contributed by atoms with Crippen molar-refractivity contribution >= 4 is 17.3 Å². The molecule has 1 aromatic carbocycles. The van der Waals surface area contributed by atoms with Crippen LogP contribution in [-0.2, 0) is 13.1 Å². The maximum Gasteiger partial charge on any atom is 0.169 e. The number of halogens is 1. The lowest BCUT2D eigenvalue weighted by Crippen LogP contribution is -2.36. The van der Waals surface area contributed by atoms with Gasteiger partial charge in [0.15, 0.2) is 5.11 Å². The first-order valence-corrected chi connectivity index (χ1v) is 6.32. The van der Waals surface area contributed by atoms with Gasteiger partial charge in [-0.15, -0.1) is 0 Å². The molecule has 0 bridgehead atoms. The number of furan rings is 1. The van der Waals surface area contributed by atoms with Gasteiger partial charge in [0.05, 0.1) is 12.8 Å². The second kappa shape index (κ2) is 6.33. The van der Waals surface area contributed by atoms with Crippen LogP contribution in [0.5, 0.6) is 0 Å². The molecule has 0 aliphatic carbocycles. The third kappa shape index (κ3) is 3.79. The molecule has 3 nitrogen and oxygen atoms in total. The van der Waals surface area contributed by atoms with Crippen molar-refractivity contribution in [1.82, 2.24) is 10.2 Å². The number of hydrogen-bond acceptors (Lipinski definition) is 2. The molecule has 0 saturated carbocycles. The Balaban J connectivity index is 1.87. The molecule has 5 heteroatoms. The molecular weight excluding hydrogens is 263 g/mol. The summed E-state index contributed by atoms with van der Waals surface area (Å²) in [5.74, 6) is 0.588. The molecular formula is C14H15FN2OS. The van der Waals surface area contributed by atoms with Gasteiger partial charge in [-0.25, -0.2) is 4.39 Å². The highest BCUT2D eigenvalue weighted by Gasteiger charge is 2.08. The predicted molar refractivity (Wildman–Crippen MR) is 76.0 cm³/mol. The molecule has 0 radical (unpaired) electrons. The molecule has 2 aromatic rings. The molecule has 100 valence electrons. The minimum Gasteiger partial charge on any atom is -0.467 e. The van der Waals surface area contributed by atoms with Crippen LogP contribution in [0.2, 0.25) is 0 Å². The van der Waals surface area contributed by atoms with Crippen molar-refractivity contribution in [2.45, 2.75) is 13.1 Å². The summed E-state index contributed by atoms with van der Waals surface area (Å²) in [5, 5.41) is 3.62. The van der Waals surface area contributed by atoms with E-state index in [9.17, 15) is 4.39 Å². The van der Waals surface area contributed by atoms with Crippen molar-refractivity contribution in [3.63, 3.8) is 0 Å². The highest BCUT2D eigenvalue weighted by molar-refractivity contribution is 7.80. The Labute approximate surface area is 117 Å². The van der Waals surface area contributed by atoms with E-state index in [1.165, 1.54) is 6.07 Å². The Hall–Kier alpha value is -1.88. The van der Waals surface area contributed by atoms with E-state index in [1.807, 2.05) is 25.2 Å². The SMILES string of the molecule is CN(Cc1ccccc1F)C(=S)NCc1ccco1. The van der Waals surface area contributed by atoms with Crippen LogP contribution in [0.25, 0.3) is 0 Å². The largest absolute Gasteiger partial charge is 0.467 e. The zero-order chi connectivity index (χ0) is 13.7. The van der Waals surface area contributed by atoms with Gasteiger partial charge >= 0.3 is 0 Å². The van der Waals surface area contributed by atoms with E-state index >= 15 is 0 Å². The van der Waals surface area contributed by atoms with Gasteiger partial charge in [-0.2, -0.15) is 0 Å². The molecule has 0 aliphatic rings. The van der Waals surface area contributed by atoms with Crippen molar-refractivity contribution in [2.75, 3.05) is 7.05 Å². The van der Waals surface area contributed by atoms with Gasteiger partial charge in [-0.1, -0.05) is 18.2 Å². The zero-order valence-corrected chi connectivity index (χ0v) is 11.4. The molecule has 0 saturated heterocycles. The number of nitrogens with one attached hydrogen (secondary N) is 1. The van der Waals surface area contributed by atoms with Gasteiger partial charge in [0, 0.05) is 19.2 Å². The molecule has 1 N–H and O–H groups in total. The van der Waals surface area contributed by atoms with E-state index in [-0.39, 0.29) is 5.82 Å². The monoisotopic (exact) mass is 278 g/mol. The normalized spacial score (nSPS) is 10.2. The van der Waals surface area contributed by atoms with Crippen molar-refractivity contribution in [3.8, 4) is 0 Å². The average Bonchev–Trinajstić information content (AvgIpc) is 2.91. The third-order valence-corrected chi connectivity index (χ3v) is 3.16. The number of hydrogen-bond donors (Lipinski definition) is 1. The fourth-order valence-electron chi connectivity index (χ4n) is 1.66. The molecule has 2 rings (SSSR count). The molecule has 0 unspecified atom stereocenters. The highest BCUT2D eigenvalue weighted by Crippen LogP contribution is 2.09. The Morgan fingerprint density at radius 1 is 1.32 bits per heavy atom. The van der Waals surface area contributed by atoms with Gasteiger partial charge in [0.25, 0.3) is 0 Å². The number of nitrogens with zero attached hydrogens (tertiary/aromatic N) is 1. The molecule has 19 heavy (non-hydrogen) atoms. The molecule has 0 atom stereocenters. The molecule has 0 amide bonds. The lowest BCUT2D eigenvalue weighted by Gasteiger charge is -2.21. The van der Waals surface area contributed by atoms with Gasteiger partial charge in [-0.05, 0) is 30.4 Å². The summed E-state index contributed by atoms with van der Waals surface area (Å²) in [4.78, 5) is 1.79. The van der Waals surface area contributed by atoms with E-state index in [0.29, 0.717) is 23.8 Å². The van der Waals surface area contributed by atoms with Gasteiger partial charge in [-0.3, -0.25) is 0 Å². The van der Waals surface area contributed by atoms with E-state index in [2.05, 4.69) is 5.32 Å². The standard InChI is InChI=1S/C14H15FN2OS/c1-17(10-11-5-2-3-7-13(11)15)14(19)16-9-12-6-4-8-18-12/h2-8H,9-10H2,1H3,(H,16,19). The molecule has 0 fully saturated rings. The maximum absolute atomic E-state index is 13.5. The first-order valence-electron chi connectivity index (χ1n) is 5.91. The quantitative estimate of drug-likeness (QED) is 0.871. The van der Waals surface area contributed by atoms with E-state index in [0.717, 1.165) is 5.76 Å². The minimum absolute atomic E-state index is 0.219. The van der Waals surface area contributed by atoms with Gasteiger partial charge in [0.2, 0.25) is 0 Å². The summed E-state index contributed by atoms with van der Waals surface area (Å²) in [5.41, 5.74) is 0.618. The average molecular weight is 278 g/mol. The van der Waals surface area contributed by atoms with Crippen LogP contribution in [0.3, 0.4) is 0 Å². The predicted octanol–water partition coefficient (Wildman–Crippen LogP) is 2.93. The topological polar surface area (TPSA) is 28.4 Å². The first kappa shape index (κ1) is 13.5. The fraction of sp³-hybridized carbons (Fsp3) is 0.214. The van der Waals surface area contributed by atoms with Crippen molar-refractivity contribution in [1.29, 1.82) is 0 Å². The summed E-state index contributed by atoms with van der Waals surface area (Å²) in [7, 11) is 1.82. The molecule has 0 aliphatic heterocycles. The Morgan fingerprint density at radius 3 is 2.79 bits per heavy atom. The van der Waals surface area contributed by atoms with Crippen LogP contribution in [0.15, 0.2) is 47.1 Å². The second-order valence-electron chi connectivity index (χ2n) is 4.19. The Bertz CT molecular complexity index is 542. The first-order chi connectivity index (χ1) is 9.16. The van der Waals surface area contributed by atoms with Crippen molar-refractivity contribution < 1.29 is 8.81 Å². The minimum atomic E-state index is -0.219. The number of thiocarbonyl (C=S) groups is 1. The molecule has 1 heterocycles. The van der Waals surface area contributed by atoms with Crippen LogP contribution in [0.4, 0.5) is 4.39 Å². The second-order valence-corrected chi connectivity index (χ2v) is 4.57. The smallest absolute Gasteiger partial charge is 0.169 e. The Kier molecular flexibility index (Phi) is 4.52. The fourth-order valence-corrected chi connectivity index (χ4v) is 1.80. The van der Waals surface area contributed by atoms with Crippen molar-refractivity contribution in [3.05, 3.63) is 59.8 Å². The van der Waals surface area contributed by atoms with E-state index in [1.54, 1.807) is 23.3 Å². The van der Waals surface area contributed by atoms with Crippen molar-refractivity contribution in [2.24, 2.45) is 0 Å². The summed E-state index contributed by atoms with van der Waals surface area (Å²) in [6, 6.07) is 10.4. The van der Waals surface area contributed by atoms with Crippen LogP contribution in [0.1, 0.15) is 11.3 Å². The van der Waals surface area contributed by atoms with E-state index in [4.69, 9.17) is 16.6 Å².